The zero-order chi connectivity index (χ0) is 29.5. The van der Waals surface area contributed by atoms with Crippen LogP contribution in [0, 0.1) is 18.3 Å². The Morgan fingerprint density at radius 2 is 1.83 bits per heavy atom. The maximum Gasteiger partial charge on any atom is 0.256 e. The standard InChI is InChI=1S/C34H31N7O/c1-23-8-5-11-27(18-23)34(42)40-33-30(21-35)29(20-32(39-33)28-12-3-4-13-31(28)36)26-10-6-9-25(19-26)24(2)38-14-7-16-41-17-15-37-22-41/h3-6,8-13,15,17-20,22,38H,2,7,14,16,36H2,1H3,(H,39,40,42). The summed E-state index contributed by atoms with van der Waals surface area (Å²) >= 11 is 0. The number of aromatic nitrogens is 3. The van der Waals surface area contributed by atoms with Crippen LogP contribution in [0.15, 0.2) is 104 Å². The molecule has 0 saturated heterocycles. The highest BCUT2D eigenvalue weighted by Gasteiger charge is 2.19. The summed E-state index contributed by atoms with van der Waals surface area (Å²) in [5.74, 6) is -0.185. The number of nitrogens with one attached hydrogen (secondary N) is 2. The molecule has 0 unspecified atom stereocenters. The summed E-state index contributed by atoms with van der Waals surface area (Å²) in [5.41, 5.74) is 12.9. The molecule has 5 rings (SSSR count). The van der Waals surface area contributed by atoms with Gasteiger partial charge in [-0.15, -0.1) is 0 Å². The van der Waals surface area contributed by atoms with Gasteiger partial charge >= 0.3 is 0 Å². The van der Waals surface area contributed by atoms with Crippen molar-refractivity contribution in [2.45, 2.75) is 19.9 Å². The minimum Gasteiger partial charge on any atom is -0.398 e. The number of hydrogen-bond donors (Lipinski definition) is 3. The smallest absolute Gasteiger partial charge is 0.256 e. The van der Waals surface area contributed by atoms with Crippen LogP contribution in [0.2, 0.25) is 0 Å². The topological polar surface area (TPSA) is 122 Å². The van der Waals surface area contributed by atoms with E-state index in [-0.39, 0.29) is 17.3 Å². The Bertz CT molecular complexity index is 1780. The number of nitrogens with zero attached hydrogens (tertiary/aromatic N) is 4. The average Bonchev–Trinajstić information content (AvgIpc) is 3.53. The number of anilines is 2. The zero-order valence-electron chi connectivity index (χ0n) is 23.3. The highest BCUT2D eigenvalue weighted by atomic mass is 16.1. The minimum absolute atomic E-state index is 0.168. The number of imidazole rings is 1. The van der Waals surface area contributed by atoms with Crippen LogP contribution in [0.4, 0.5) is 11.5 Å². The lowest BCUT2D eigenvalue weighted by molar-refractivity contribution is 0.102. The molecular weight excluding hydrogens is 522 g/mol. The molecule has 0 bridgehead atoms. The first-order chi connectivity index (χ1) is 20.4. The summed E-state index contributed by atoms with van der Waals surface area (Å²) < 4.78 is 2.03. The molecule has 2 heterocycles. The third-order valence-electron chi connectivity index (χ3n) is 6.89. The van der Waals surface area contributed by atoms with Gasteiger partial charge in [-0.3, -0.25) is 4.79 Å². The molecule has 2 aromatic heterocycles. The van der Waals surface area contributed by atoms with Crippen molar-refractivity contribution in [3.8, 4) is 28.5 Å². The number of aryl methyl sites for hydroxylation is 2. The van der Waals surface area contributed by atoms with Crippen molar-refractivity contribution in [3.63, 3.8) is 0 Å². The normalized spacial score (nSPS) is 10.6. The Morgan fingerprint density at radius 1 is 1.02 bits per heavy atom. The van der Waals surface area contributed by atoms with Gasteiger partial charge in [0.2, 0.25) is 0 Å². The number of rotatable bonds is 10. The van der Waals surface area contributed by atoms with E-state index in [1.54, 1.807) is 30.7 Å². The van der Waals surface area contributed by atoms with Gasteiger partial charge in [0.1, 0.15) is 11.6 Å². The molecule has 42 heavy (non-hydrogen) atoms. The van der Waals surface area contributed by atoms with Crippen LogP contribution in [-0.4, -0.2) is 27.0 Å². The molecule has 0 saturated carbocycles. The van der Waals surface area contributed by atoms with Crippen LogP contribution in [0.5, 0.6) is 0 Å². The zero-order valence-corrected chi connectivity index (χ0v) is 23.3. The maximum atomic E-state index is 13.2. The van der Waals surface area contributed by atoms with E-state index in [9.17, 15) is 10.1 Å². The molecular formula is C34H31N7O. The van der Waals surface area contributed by atoms with Crippen LogP contribution in [0.1, 0.15) is 33.5 Å². The van der Waals surface area contributed by atoms with Crippen LogP contribution in [-0.2, 0) is 6.54 Å². The summed E-state index contributed by atoms with van der Waals surface area (Å²) in [6, 6.07) is 26.6. The van der Waals surface area contributed by atoms with Gasteiger partial charge in [-0.05, 0) is 54.8 Å². The Kier molecular flexibility index (Phi) is 8.40. The maximum absolute atomic E-state index is 13.2. The summed E-state index contributed by atoms with van der Waals surface area (Å²) in [5, 5.41) is 16.6. The molecule has 0 aliphatic rings. The number of nitrogen functional groups attached to an aromatic ring is 1. The van der Waals surface area contributed by atoms with E-state index in [1.165, 1.54) is 0 Å². The average molecular weight is 554 g/mol. The van der Waals surface area contributed by atoms with Crippen molar-refractivity contribution >= 4 is 23.1 Å². The number of pyridine rings is 1. The van der Waals surface area contributed by atoms with Crippen molar-refractivity contribution < 1.29 is 4.79 Å². The fourth-order valence-electron chi connectivity index (χ4n) is 4.71. The van der Waals surface area contributed by atoms with Crippen molar-refractivity contribution in [2.75, 3.05) is 17.6 Å². The van der Waals surface area contributed by atoms with E-state index >= 15 is 0 Å². The first kappa shape index (κ1) is 27.9. The van der Waals surface area contributed by atoms with E-state index in [2.05, 4.69) is 28.3 Å². The van der Waals surface area contributed by atoms with E-state index in [4.69, 9.17) is 10.7 Å². The Hall–Kier alpha value is -5.68. The predicted octanol–water partition coefficient (Wildman–Crippen LogP) is 6.28. The van der Waals surface area contributed by atoms with Crippen LogP contribution < -0.4 is 16.4 Å². The molecule has 4 N–H and O–H groups in total. The highest BCUT2D eigenvalue weighted by Crippen LogP contribution is 2.35. The molecule has 1 amide bonds. The van der Waals surface area contributed by atoms with Crippen LogP contribution in [0.25, 0.3) is 28.1 Å². The first-order valence-electron chi connectivity index (χ1n) is 13.6. The number of benzene rings is 3. The lowest BCUT2D eigenvalue weighted by Gasteiger charge is -2.16. The molecule has 208 valence electrons. The first-order valence-corrected chi connectivity index (χ1v) is 13.6. The number of carbonyl (C=O) groups is 1. The number of amides is 1. The lowest BCUT2D eigenvalue weighted by Crippen LogP contribution is -2.15. The van der Waals surface area contributed by atoms with E-state index in [0.717, 1.165) is 41.9 Å². The number of nitrogens with two attached hydrogens (primary N) is 1. The van der Waals surface area contributed by atoms with E-state index < -0.39 is 0 Å². The van der Waals surface area contributed by atoms with Gasteiger partial charge < -0.3 is 20.9 Å². The Labute approximate surface area is 245 Å². The summed E-state index contributed by atoms with van der Waals surface area (Å²) in [6.07, 6.45) is 6.41. The molecule has 0 fully saturated rings. The van der Waals surface area contributed by atoms with Crippen LogP contribution >= 0.6 is 0 Å². The van der Waals surface area contributed by atoms with Gasteiger partial charge in [0.25, 0.3) is 5.91 Å². The van der Waals surface area contributed by atoms with E-state index in [1.807, 2.05) is 78.4 Å². The number of hydrogen-bond acceptors (Lipinski definition) is 6. The summed E-state index contributed by atoms with van der Waals surface area (Å²) in [6.45, 7) is 7.74. The predicted molar refractivity (Wildman–Crippen MR) is 167 cm³/mol. The molecule has 0 atom stereocenters. The van der Waals surface area contributed by atoms with Gasteiger partial charge in [0.05, 0.1) is 12.0 Å². The van der Waals surface area contributed by atoms with Crippen molar-refractivity contribution in [2.24, 2.45) is 0 Å². The molecule has 3 aromatic carbocycles. The quantitative estimate of drug-likeness (QED) is 0.138. The van der Waals surface area contributed by atoms with Crippen molar-refractivity contribution in [1.82, 2.24) is 19.9 Å². The largest absolute Gasteiger partial charge is 0.398 e. The summed E-state index contributed by atoms with van der Waals surface area (Å²) in [7, 11) is 0. The fourth-order valence-corrected chi connectivity index (χ4v) is 4.71. The molecule has 0 aliphatic carbocycles. The highest BCUT2D eigenvalue weighted by molar-refractivity contribution is 6.05. The van der Waals surface area contributed by atoms with Gasteiger partial charge in [-0.1, -0.05) is 60.7 Å². The number of para-hydroxylation sites is 1. The second-order valence-corrected chi connectivity index (χ2v) is 9.94. The molecule has 0 radical (unpaired) electrons. The Morgan fingerprint density at radius 3 is 2.60 bits per heavy atom. The fraction of sp³-hybridized carbons (Fsp3) is 0.118. The second-order valence-electron chi connectivity index (χ2n) is 9.94. The molecule has 0 spiro atoms. The third kappa shape index (κ3) is 6.37. The molecule has 8 nitrogen and oxygen atoms in total. The van der Waals surface area contributed by atoms with Gasteiger partial charge in [0, 0.05) is 53.6 Å². The lowest BCUT2D eigenvalue weighted by atomic mass is 9.96. The SMILES string of the molecule is C=C(NCCCn1ccnc1)c1cccc(-c2cc(-c3ccccc3N)nc(NC(=O)c3cccc(C)c3)c2C#N)c1. The Balaban J connectivity index is 1.49. The number of nitriles is 1. The van der Waals surface area contributed by atoms with Crippen LogP contribution in [0.3, 0.4) is 0 Å². The van der Waals surface area contributed by atoms with Gasteiger partial charge in [-0.2, -0.15) is 5.26 Å². The molecule has 5 aromatic rings. The van der Waals surface area contributed by atoms with Crippen molar-refractivity contribution in [3.05, 3.63) is 126 Å². The molecule has 0 aliphatic heterocycles. The second kappa shape index (κ2) is 12.7. The summed E-state index contributed by atoms with van der Waals surface area (Å²) in [4.78, 5) is 22.0. The minimum atomic E-state index is -0.353. The monoisotopic (exact) mass is 553 g/mol. The third-order valence-corrected chi connectivity index (χ3v) is 6.89. The number of carbonyl (C=O) groups excluding carboxylic acids is 1. The molecule has 8 heteroatoms. The van der Waals surface area contributed by atoms with Gasteiger partial charge in [0.15, 0.2) is 5.82 Å². The van der Waals surface area contributed by atoms with Gasteiger partial charge in [-0.25, -0.2) is 9.97 Å². The van der Waals surface area contributed by atoms with Crippen molar-refractivity contribution in [1.29, 1.82) is 5.26 Å². The van der Waals surface area contributed by atoms with E-state index in [0.29, 0.717) is 28.1 Å².